The lowest BCUT2D eigenvalue weighted by Crippen LogP contribution is -2.30. The predicted octanol–water partition coefficient (Wildman–Crippen LogP) is 6.46. The smallest absolute Gasteiger partial charge is 0.174 e. The highest BCUT2D eigenvalue weighted by molar-refractivity contribution is 7.80. The third kappa shape index (κ3) is 3.79. The number of benzene rings is 2. The van der Waals surface area contributed by atoms with Crippen LogP contribution in [0.25, 0.3) is 5.69 Å². The Bertz CT molecular complexity index is 1320. The number of hydrogen-bond acceptors (Lipinski definition) is 2. The number of aromatic nitrogens is 2. The molecule has 0 radical (unpaired) electrons. The molecule has 4 nitrogen and oxygen atoms in total. The van der Waals surface area contributed by atoms with E-state index >= 15 is 0 Å². The fourth-order valence-corrected chi connectivity index (χ4v) is 5.12. The molecule has 0 amide bonds. The lowest BCUT2D eigenvalue weighted by atomic mass is 9.96. The van der Waals surface area contributed by atoms with Crippen molar-refractivity contribution in [3.8, 4) is 5.69 Å². The Morgan fingerprint density at radius 1 is 1.00 bits per heavy atom. The van der Waals surface area contributed by atoms with Crippen molar-refractivity contribution in [1.29, 1.82) is 0 Å². The third-order valence-electron chi connectivity index (χ3n) is 6.08. The number of halogens is 2. The van der Waals surface area contributed by atoms with Crippen LogP contribution >= 0.6 is 23.8 Å². The molecule has 1 aliphatic heterocycles. The maximum absolute atomic E-state index is 15.0. The Morgan fingerprint density at radius 2 is 1.73 bits per heavy atom. The Kier molecular flexibility index (Phi) is 5.64. The number of nitrogens with zero attached hydrogens (tertiary/aromatic N) is 3. The fraction of sp³-hybridized carbons (Fsp3) is 0.154. The van der Waals surface area contributed by atoms with Crippen LogP contribution in [0.1, 0.15) is 34.7 Å². The molecule has 1 fully saturated rings. The van der Waals surface area contributed by atoms with Crippen LogP contribution in [0.4, 0.5) is 10.1 Å². The normalized spacial score (nSPS) is 17.9. The second-order valence-corrected chi connectivity index (χ2v) is 8.91. The zero-order valence-electron chi connectivity index (χ0n) is 18.2. The minimum atomic E-state index is -0.320. The molecule has 0 spiro atoms. The summed E-state index contributed by atoms with van der Waals surface area (Å²) in [6.07, 6.45) is 1.76. The highest BCUT2D eigenvalue weighted by Crippen LogP contribution is 2.44. The molecule has 4 aromatic rings. The quantitative estimate of drug-likeness (QED) is 0.343. The van der Waals surface area contributed by atoms with Crippen LogP contribution in [-0.2, 0) is 0 Å². The molecule has 5 rings (SSSR count). The molecule has 0 saturated carbocycles. The molecule has 0 bridgehead atoms. The van der Waals surface area contributed by atoms with Gasteiger partial charge in [-0.25, -0.2) is 4.39 Å². The summed E-state index contributed by atoms with van der Waals surface area (Å²) in [5.74, 6) is -0.320. The number of thiocarbonyl (C=S) groups is 1. The fourth-order valence-electron chi connectivity index (χ4n) is 4.65. The van der Waals surface area contributed by atoms with E-state index in [1.54, 1.807) is 18.3 Å². The molecular weight excluding hydrogens is 455 g/mol. The third-order valence-corrected chi connectivity index (χ3v) is 6.65. The molecule has 2 atom stereocenters. The molecular formula is C26H22ClFN4S. The van der Waals surface area contributed by atoms with Crippen LogP contribution in [0.3, 0.4) is 0 Å². The molecule has 2 aromatic heterocycles. The van der Waals surface area contributed by atoms with Crippen LogP contribution in [0, 0.1) is 19.7 Å². The van der Waals surface area contributed by atoms with Gasteiger partial charge in [0.2, 0.25) is 0 Å². The Morgan fingerprint density at radius 3 is 2.42 bits per heavy atom. The highest BCUT2D eigenvalue weighted by Gasteiger charge is 2.43. The van der Waals surface area contributed by atoms with Crippen molar-refractivity contribution in [3.05, 3.63) is 112 Å². The minimum Gasteiger partial charge on any atom is -0.351 e. The summed E-state index contributed by atoms with van der Waals surface area (Å²) in [5.41, 5.74) is 5.47. The molecule has 3 heterocycles. The first kappa shape index (κ1) is 21.6. The zero-order chi connectivity index (χ0) is 23.1. The van der Waals surface area contributed by atoms with Crippen molar-refractivity contribution in [2.24, 2.45) is 0 Å². The SMILES string of the molecule is Cc1cc([C@H]2[C@@H](c3ccccn3)NC(=S)N2c2ccccc2F)c(C)n1-c1ccc(Cl)cc1. The van der Waals surface area contributed by atoms with Gasteiger partial charge >= 0.3 is 0 Å². The van der Waals surface area contributed by atoms with Gasteiger partial charge in [-0.1, -0.05) is 29.8 Å². The molecule has 7 heteroatoms. The number of hydrogen-bond donors (Lipinski definition) is 1. The summed E-state index contributed by atoms with van der Waals surface area (Å²) < 4.78 is 17.1. The van der Waals surface area contributed by atoms with E-state index in [4.69, 9.17) is 23.8 Å². The Balaban J connectivity index is 1.69. The second kappa shape index (κ2) is 8.61. The predicted molar refractivity (Wildman–Crippen MR) is 135 cm³/mol. The summed E-state index contributed by atoms with van der Waals surface area (Å²) in [7, 11) is 0. The summed E-state index contributed by atoms with van der Waals surface area (Å²) in [6, 6.07) is 21.9. The van der Waals surface area contributed by atoms with Crippen LogP contribution in [0.2, 0.25) is 5.02 Å². The molecule has 0 unspecified atom stereocenters. The lowest BCUT2D eigenvalue weighted by Gasteiger charge is -2.28. The zero-order valence-corrected chi connectivity index (χ0v) is 19.7. The standard InChI is InChI=1S/C26H22ClFN4S/c1-16-15-20(17(2)31(16)19-12-10-18(27)11-13-19)25-24(22-8-5-6-14-29-22)30-26(33)32(25)23-9-4-3-7-21(23)28/h3-15,24-25H,1-2H3,(H,30,33)/t24-,25+/m1/s1. The Labute approximate surface area is 202 Å². The molecule has 1 saturated heterocycles. The first-order valence-corrected chi connectivity index (χ1v) is 11.4. The molecule has 1 N–H and O–H groups in total. The molecule has 33 heavy (non-hydrogen) atoms. The van der Waals surface area contributed by atoms with E-state index in [0.717, 1.165) is 28.3 Å². The molecule has 1 aliphatic rings. The van der Waals surface area contributed by atoms with E-state index in [2.05, 4.69) is 34.8 Å². The maximum Gasteiger partial charge on any atom is 0.174 e. The number of anilines is 1. The molecule has 2 aromatic carbocycles. The van der Waals surface area contributed by atoms with E-state index in [0.29, 0.717) is 15.8 Å². The van der Waals surface area contributed by atoms with Crippen LogP contribution in [0.15, 0.2) is 79.0 Å². The van der Waals surface area contributed by atoms with E-state index in [1.807, 2.05) is 53.4 Å². The second-order valence-electron chi connectivity index (χ2n) is 8.09. The summed E-state index contributed by atoms with van der Waals surface area (Å²) in [4.78, 5) is 6.46. The summed E-state index contributed by atoms with van der Waals surface area (Å²) >= 11 is 11.8. The topological polar surface area (TPSA) is 33.1 Å². The van der Waals surface area contributed by atoms with E-state index in [9.17, 15) is 4.39 Å². The van der Waals surface area contributed by atoms with Crippen molar-refractivity contribution in [1.82, 2.24) is 14.9 Å². The van der Waals surface area contributed by atoms with Gasteiger partial charge in [0, 0.05) is 28.3 Å². The number of pyridine rings is 1. The van der Waals surface area contributed by atoms with Crippen LogP contribution in [-0.4, -0.2) is 14.7 Å². The van der Waals surface area contributed by atoms with E-state index < -0.39 is 0 Å². The maximum atomic E-state index is 15.0. The first-order valence-electron chi connectivity index (χ1n) is 10.7. The lowest BCUT2D eigenvalue weighted by molar-refractivity contribution is 0.556. The van der Waals surface area contributed by atoms with E-state index in [1.165, 1.54) is 6.07 Å². The number of rotatable bonds is 4. The number of aryl methyl sites for hydroxylation is 1. The van der Waals surface area contributed by atoms with Gasteiger partial charge < -0.3 is 14.8 Å². The summed E-state index contributed by atoms with van der Waals surface area (Å²) in [5, 5.41) is 4.56. The monoisotopic (exact) mass is 476 g/mol. The Hall–Kier alpha value is -3.22. The molecule has 166 valence electrons. The van der Waals surface area contributed by atoms with Crippen molar-refractivity contribution in [2.75, 3.05) is 4.90 Å². The van der Waals surface area contributed by atoms with Crippen LogP contribution in [0.5, 0.6) is 0 Å². The van der Waals surface area contributed by atoms with Gasteiger partial charge in [-0.2, -0.15) is 0 Å². The van der Waals surface area contributed by atoms with Crippen molar-refractivity contribution in [3.63, 3.8) is 0 Å². The van der Waals surface area contributed by atoms with Gasteiger partial charge in [-0.15, -0.1) is 0 Å². The highest BCUT2D eigenvalue weighted by atomic mass is 35.5. The van der Waals surface area contributed by atoms with Gasteiger partial charge in [0.25, 0.3) is 0 Å². The van der Waals surface area contributed by atoms with Gasteiger partial charge in [-0.3, -0.25) is 4.98 Å². The average Bonchev–Trinajstić information content (AvgIpc) is 3.31. The summed E-state index contributed by atoms with van der Waals surface area (Å²) in [6.45, 7) is 4.14. The minimum absolute atomic E-state index is 0.238. The molecule has 0 aliphatic carbocycles. The largest absolute Gasteiger partial charge is 0.351 e. The van der Waals surface area contributed by atoms with Crippen molar-refractivity contribution in [2.45, 2.75) is 25.9 Å². The van der Waals surface area contributed by atoms with Gasteiger partial charge in [0.15, 0.2) is 5.11 Å². The number of para-hydroxylation sites is 1. The van der Waals surface area contributed by atoms with Crippen molar-refractivity contribution >= 4 is 34.6 Å². The number of nitrogens with one attached hydrogen (secondary N) is 1. The van der Waals surface area contributed by atoms with Crippen molar-refractivity contribution < 1.29 is 4.39 Å². The van der Waals surface area contributed by atoms with Gasteiger partial charge in [0.1, 0.15) is 5.82 Å². The van der Waals surface area contributed by atoms with Gasteiger partial charge in [0.05, 0.1) is 23.5 Å². The first-order chi connectivity index (χ1) is 16.0. The van der Waals surface area contributed by atoms with Crippen LogP contribution < -0.4 is 10.2 Å². The average molecular weight is 477 g/mol. The van der Waals surface area contributed by atoms with Gasteiger partial charge in [-0.05, 0) is 86.2 Å². The van der Waals surface area contributed by atoms with E-state index in [-0.39, 0.29) is 17.9 Å².